The molecule has 0 fully saturated rings. The molecule has 12 heavy (non-hydrogen) atoms. The molecule has 0 aliphatic carbocycles. The molecule has 1 aliphatic heterocycles. The Morgan fingerprint density at radius 2 is 1.33 bits per heavy atom. The maximum absolute atomic E-state index is 5.49. The molecular formula is C8H6Br2O2. The Bertz CT molecular complexity index is 261. The molecule has 0 saturated heterocycles. The molecule has 0 aromatic heterocycles. The van der Waals surface area contributed by atoms with Gasteiger partial charge in [0, 0.05) is 0 Å². The summed E-state index contributed by atoms with van der Waals surface area (Å²) < 4.78 is 11.0. The third kappa shape index (κ3) is 1.45. The fourth-order valence-electron chi connectivity index (χ4n) is 0.994. The van der Waals surface area contributed by atoms with Crippen LogP contribution in [0.3, 0.4) is 0 Å². The van der Waals surface area contributed by atoms with E-state index in [-0.39, 0.29) is 10.0 Å². The van der Waals surface area contributed by atoms with E-state index >= 15 is 0 Å². The van der Waals surface area contributed by atoms with Crippen molar-refractivity contribution in [2.75, 3.05) is 0 Å². The summed E-state index contributed by atoms with van der Waals surface area (Å²) in [6, 6.07) is 7.58. The highest BCUT2D eigenvalue weighted by Crippen LogP contribution is 2.36. The van der Waals surface area contributed by atoms with E-state index in [1.54, 1.807) is 0 Å². The minimum absolute atomic E-state index is 0.132. The molecule has 2 atom stereocenters. The van der Waals surface area contributed by atoms with Crippen molar-refractivity contribution in [2.45, 2.75) is 10.0 Å². The summed E-state index contributed by atoms with van der Waals surface area (Å²) in [6.07, 6.45) is 0. The fourth-order valence-corrected chi connectivity index (χ4v) is 1.61. The summed E-state index contributed by atoms with van der Waals surface area (Å²) in [5, 5.41) is -0.264. The number of benzene rings is 1. The molecule has 1 aliphatic rings. The maximum Gasteiger partial charge on any atom is 0.200 e. The number of fused-ring (bicyclic) bond motifs is 1. The van der Waals surface area contributed by atoms with Crippen LogP contribution in [0.2, 0.25) is 0 Å². The van der Waals surface area contributed by atoms with Crippen molar-refractivity contribution in [3.63, 3.8) is 0 Å². The van der Waals surface area contributed by atoms with E-state index in [0.29, 0.717) is 0 Å². The van der Waals surface area contributed by atoms with Crippen LogP contribution >= 0.6 is 31.9 Å². The molecule has 1 aromatic carbocycles. The van der Waals surface area contributed by atoms with Gasteiger partial charge in [-0.1, -0.05) is 12.1 Å². The van der Waals surface area contributed by atoms with E-state index in [0.717, 1.165) is 11.5 Å². The van der Waals surface area contributed by atoms with Gasteiger partial charge >= 0.3 is 0 Å². The summed E-state index contributed by atoms with van der Waals surface area (Å²) in [6.45, 7) is 0. The van der Waals surface area contributed by atoms with Gasteiger partial charge in [0.25, 0.3) is 0 Å². The van der Waals surface area contributed by atoms with Crippen LogP contribution in [-0.2, 0) is 0 Å². The largest absolute Gasteiger partial charge is 0.470 e. The SMILES string of the molecule is BrC1Oc2ccccc2OC1Br. The summed E-state index contributed by atoms with van der Waals surface area (Å²) in [4.78, 5) is 0. The van der Waals surface area contributed by atoms with E-state index in [1.165, 1.54) is 0 Å². The average molecular weight is 294 g/mol. The van der Waals surface area contributed by atoms with Gasteiger partial charge in [-0.25, -0.2) is 0 Å². The Hall–Kier alpha value is -0.220. The van der Waals surface area contributed by atoms with E-state index in [4.69, 9.17) is 9.47 Å². The molecular weight excluding hydrogens is 288 g/mol. The second-order valence-electron chi connectivity index (χ2n) is 2.38. The highest BCUT2D eigenvalue weighted by Gasteiger charge is 2.26. The highest BCUT2D eigenvalue weighted by atomic mass is 79.9. The molecule has 0 radical (unpaired) electrons. The van der Waals surface area contributed by atoms with E-state index in [1.807, 2.05) is 24.3 Å². The first-order valence-electron chi connectivity index (χ1n) is 3.48. The average Bonchev–Trinajstić information content (AvgIpc) is 2.07. The topological polar surface area (TPSA) is 18.5 Å². The van der Waals surface area contributed by atoms with Crippen LogP contribution < -0.4 is 9.47 Å². The van der Waals surface area contributed by atoms with Crippen LogP contribution in [0.15, 0.2) is 24.3 Å². The normalized spacial score (nSPS) is 26.8. The van der Waals surface area contributed by atoms with Crippen molar-refractivity contribution in [3.05, 3.63) is 24.3 Å². The number of para-hydroxylation sites is 2. The third-order valence-corrected chi connectivity index (χ3v) is 3.58. The lowest BCUT2D eigenvalue weighted by molar-refractivity contribution is 0.135. The molecule has 1 aromatic rings. The molecule has 0 saturated carbocycles. The van der Waals surface area contributed by atoms with Crippen molar-refractivity contribution in [3.8, 4) is 11.5 Å². The maximum atomic E-state index is 5.49. The first kappa shape index (κ1) is 8.38. The van der Waals surface area contributed by atoms with Crippen molar-refractivity contribution in [1.82, 2.24) is 0 Å². The standard InChI is InChI=1S/C8H6Br2O2/c9-7-8(10)12-6-4-2-1-3-5(6)11-7/h1-4,7-8H. The molecule has 0 N–H and O–H groups in total. The third-order valence-electron chi connectivity index (χ3n) is 1.53. The first-order valence-corrected chi connectivity index (χ1v) is 5.31. The predicted molar refractivity (Wildman–Crippen MR) is 53.1 cm³/mol. The molecule has 2 nitrogen and oxygen atoms in total. The summed E-state index contributed by atoms with van der Waals surface area (Å²) in [5.41, 5.74) is 0. The molecule has 2 rings (SSSR count). The van der Waals surface area contributed by atoms with Gasteiger partial charge in [-0.2, -0.15) is 0 Å². The van der Waals surface area contributed by atoms with Gasteiger partial charge in [-0.15, -0.1) is 0 Å². The van der Waals surface area contributed by atoms with Crippen LogP contribution in [0.4, 0.5) is 0 Å². The molecule has 0 amide bonds. The Morgan fingerprint density at radius 3 is 1.75 bits per heavy atom. The number of halogens is 2. The lowest BCUT2D eigenvalue weighted by atomic mass is 10.3. The lowest BCUT2D eigenvalue weighted by Gasteiger charge is -2.26. The second-order valence-corrected chi connectivity index (χ2v) is 4.19. The zero-order chi connectivity index (χ0) is 8.55. The van der Waals surface area contributed by atoms with Gasteiger partial charge in [-0.3, -0.25) is 0 Å². The Balaban J connectivity index is 2.34. The Kier molecular flexibility index (Phi) is 2.28. The van der Waals surface area contributed by atoms with Crippen molar-refractivity contribution in [1.29, 1.82) is 0 Å². The smallest absolute Gasteiger partial charge is 0.200 e. The first-order chi connectivity index (χ1) is 5.77. The van der Waals surface area contributed by atoms with Crippen LogP contribution in [0, 0.1) is 0 Å². The van der Waals surface area contributed by atoms with Gasteiger partial charge < -0.3 is 9.47 Å². The molecule has 2 unspecified atom stereocenters. The molecule has 1 heterocycles. The van der Waals surface area contributed by atoms with Gasteiger partial charge in [0.05, 0.1) is 0 Å². The summed E-state index contributed by atoms with van der Waals surface area (Å²) in [5.74, 6) is 1.55. The van der Waals surface area contributed by atoms with Gasteiger partial charge in [0.1, 0.15) is 0 Å². The molecule has 4 heteroatoms. The number of rotatable bonds is 0. The monoisotopic (exact) mass is 292 g/mol. The predicted octanol–water partition coefficient (Wildman–Crippen LogP) is 2.90. The highest BCUT2D eigenvalue weighted by molar-refractivity contribution is 9.12. The minimum Gasteiger partial charge on any atom is -0.470 e. The molecule has 0 bridgehead atoms. The van der Waals surface area contributed by atoms with Crippen LogP contribution in [-0.4, -0.2) is 10.0 Å². The summed E-state index contributed by atoms with van der Waals surface area (Å²) in [7, 11) is 0. The number of alkyl halides is 2. The van der Waals surface area contributed by atoms with E-state index in [2.05, 4.69) is 31.9 Å². The number of ether oxygens (including phenoxy) is 2. The van der Waals surface area contributed by atoms with Crippen molar-refractivity contribution < 1.29 is 9.47 Å². The zero-order valence-electron chi connectivity index (χ0n) is 6.04. The number of hydrogen-bond acceptors (Lipinski definition) is 2. The van der Waals surface area contributed by atoms with Gasteiger partial charge in [0.15, 0.2) is 21.5 Å². The van der Waals surface area contributed by atoms with Crippen molar-refractivity contribution >= 4 is 31.9 Å². The lowest BCUT2D eigenvalue weighted by Crippen LogP contribution is -2.30. The van der Waals surface area contributed by atoms with E-state index < -0.39 is 0 Å². The number of hydrogen-bond donors (Lipinski definition) is 0. The van der Waals surface area contributed by atoms with E-state index in [9.17, 15) is 0 Å². The van der Waals surface area contributed by atoms with Crippen LogP contribution in [0.25, 0.3) is 0 Å². The molecule has 64 valence electrons. The fraction of sp³-hybridized carbons (Fsp3) is 0.250. The molecule has 0 spiro atoms. The minimum atomic E-state index is -0.132. The van der Waals surface area contributed by atoms with Crippen molar-refractivity contribution in [2.24, 2.45) is 0 Å². The van der Waals surface area contributed by atoms with Crippen LogP contribution in [0.1, 0.15) is 0 Å². The quantitative estimate of drug-likeness (QED) is 0.685. The summed E-state index contributed by atoms with van der Waals surface area (Å²) >= 11 is 6.66. The van der Waals surface area contributed by atoms with Crippen LogP contribution in [0.5, 0.6) is 11.5 Å². The zero-order valence-corrected chi connectivity index (χ0v) is 9.21. The Labute approximate surface area is 87.1 Å². The van der Waals surface area contributed by atoms with Gasteiger partial charge in [0.2, 0.25) is 0 Å². The second kappa shape index (κ2) is 3.26. The van der Waals surface area contributed by atoms with Gasteiger partial charge in [-0.05, 0) is 44.0 Å². The Morgan fingerprint density at radius 1 is 0.917 bits per heavy atom.